The van der Waals surface area contributed by atoms with Crippen LogP contribution in [0.2, 0.25) is 5.02 Å². The number of nitrogens with zero attached hydrogens (tertiary/aromatic N) is 2. The summed E-state index contributed by atoms with van der Waals surface area (Å²) in [5, 5.41) is 0.825. The second-order valence-electron chi connectivity index (χ2n) is 9.18. The SMILES string of the molecule is CC1(C)COc2c(CN3CCN4[C@@H](COC[C@@H]4C4CC4)C3)cc(Cl)cc21. The molecule has 0 bridgehead atoms. The van der Waals surface area contributed by atoms with Gasteiger partial charge in [-0.25, -0.2) is 0 Å². The van der Waals surface area contributed by atoms with E-state index in [1.807, 2.05) is 0 Å². The Hall–Kier alpha value is -0.810. The van der Waals surface area contributed by atoms with E-state index in [0.717, 1.165) is 62.7 Å². The molecule has 2 saturated heterocycles. The van der Waals surface area contributed by atoms with Crippen LogP contribution in [0.15, 0.2) is 12.1 Å². The molecule has 0 amide bonds. The lowest BCUT2D eigenvalue weighted by Crippen LogP contribution is -2.62. The Morgan fingerprint density at radius 2 is 2.04 bits per heavy atom. The highest BCUT2D eigenvalue weighted by Gasteiger charge is 2.43. The molecule has 3 heterocycles. The predicted molar refractivity (Wildman–Crippen MR) is 103 cm³/mol. The predicted octanol–water partition coefficient (Wildman–Crippen LogP) is 3.31. The van der Waals surface area contributed by atoms with Gasteiger partial charge in [-0.3, -0.25) is 9.80 Å². The first-order valence-electron chi connectivity index (χ1n) is 10.0. The summed E-state index contributed by atoms with van der Waals surface area (Å²) in [4.78, 5) is 5.29. The van der Waals surface area contributed by atoms with Gasteiger partial charge in [0, 0.05) is 59.8 Å². The van der Waals surface area contributed by atoms with Crippen molar-refractivity contribution >= 4 is 11.6 Å². The second kappa shape index (κ2) is 6.37. The Morgan fingerprint density at radius 3 is 2.85 bits per heavy atom. The van der Waals surface area contributed by atoms with Gasteiger partial charge in [0.2, 0.25) is 0 Å². The number of morpholine rings is 1. The average molecular weight is 377 g/mol. The number of piperazine rings is 1. The topological polar surface area (TPSA) is 24.9 Å². The van der Waals surface area contributed by atoms with Gasteiger partial charge in [0.25, 0.3) is 0 Å². The molecule has 3 aliphatic heterocycles. The molecule has 5 heteroatoms. The van der Waals surface area contributed by atoms with Crippen molar-refractivity contribution in [2.45, 2.75) is 50.7 Å². The highest BCUT2D eigenvalue weighted by Crippen LogP contribution is 2.43. The molecule has 0 spiro atoms. The van der Waals surface area contributed by atoms with Gasteiger partial charge in [-0.1, -0.05) is 25.4 Å². The molecule has 4 nitrogen and oxygen atoms in total. The van der Waals surface area contributed by atoms with Crippen LogP contribution in [0.1, 0.15) is 37.8 Å². The van der Waals surface area contributed by atoms with Gasteiger partial charge in [-0.15, -0.1) is 0 Å². The van der Waals surface area contributed by atoms with E-state index in [-0.39, 0.29) is 5.41 Å². The van der Waals surface area contributed by atoms with Gasteiger partial charge >= 0.3 is 0 Å². The van der Waals surface area contributed by atoms with Crippen LogP contribution in [-0.4, -0.2) is 61.3 Å². The molecule has 26 heavy (non-hydrogen) atoms. The van der Waals surface area contributed by atoms with Crippen molar-refractivity contribution in [3.63, 3.8) is 0 Å². The lowest BCUT2D eigenvalue weighted by molar-refractivity contribution is -0.0880. The van der Waals surface area contributed by atoms with Crippen molar-refractivity contribution in [2.75, 3.05) is 39.5 Å². The lowest BCUT2D eigenvalue weighted by atomic mass is 9.86. The largest absolute Gasteiger partial charge is 0.492 e. The molecule has 1 aromatic rings. The number of halogens is 1. The fraction of sp³-hybridized carbons (Fsp3) is 0.714. The molecule has 1 aromatic carbocycles. The number of hydrogen-bond donors (Lipinski definition) is 0. The third-order valence-electron chi connectivity index (χ3n) is 6.63. The van der Waals surface area contributed by atoms with Crippen LogP contribution in [0, 0.1) is 5.92 Å². The molecular weight excluding hydrogens is 348 g/mol. The van der Waals surface area contributed by atoms with Crippen molar-refractivity contribution in [1.82, 2.24) is 9.80 Å². The molecule has 5 rings (SSSR count). The van der Waals surface area contributed by atoms with E-state index >= 15 is 0 Å². The monoisotopic (exact) mass is 376 g/mol. The summed E-state index contributed by atoms with van der Waals surface area (Å²) in [6, 6.07) is 5.38. The van der Waals surface area contributed by atoms with Crippen LogP contribution < -0.4 is 4.74 Å². The zero-order valence-electron chi connectivity index (χ0n) is 15.8. The van der Waals surface area contributed by atoms with Gasteiger partial charge < -0.3 is 9.47 Å². The molecule has 0 N–H and O–H groups in total. The van der Waals surface area contributed by atoms with E-state index in [0.29, 0.717) is 12.1 Å². The van der Waals surface area contributed by atoms with Crippen molar-refractivity contribution in [3.8, 4) is 5.75 Å². The van der Waals surface area contributed by atoms with E-state index in [4.69, 9.17) is 21.1 Å². The first-order chi connectivity index (χ1) is 12.5. The normalized spacial score (nSPS) is 31.3. The number of benzene rings is 1. The van der Waals surface area contributed by atoms with E-state index in [1.54, 1.807) is 0 Å². The summed E-state index contributed by atoms with van der Waals surface area (Å²) in [6.07, 6.45) is 2.78. The van der Waals surface area contributed by atoms with Crippen LogP contribution in [0.4, 0.5) is 0 Å². The quantitative estimate of drug-likeness (QED) is 0.808. The minimum atomic E-state index is 0.0440. The number of hydrogen-bond acceptors (Lipinski definition) is 4. The standard InChI is InChI=1S/C21H29ClN2O2/c1-21(2)13-26-20-15(7-16(22)8-18(20)21)9-23-5-6-24-17(10-23)11-25-12-19(24)14-3-4-14/h7-8,14,17,19H,3-6,9-13H2,1-2H3/t17-,19-/m1/s1. The zero-order valence-corrected chi connectivity index (χ0v) is 16.6. The Morgan fingerprint density at radius 1 is 1.19 bits per heavy atom. The van der Waals surface area contributed by atoms with Gasteiger partial charge in [0.05, 0.1) is 19.8 Å². The third kappa shape index (κ3) is 3.05. The molecule has 0 radical (unpaired) electrons. The van der Waals surface area contributed by atoms with E-state index in [2.05, 4.69) is 35.8 Å². The molecule has 0 unspecified atom stereocenters. The van der Waals surface area contributed by atoms with Crippen molar-refractivity contribution in [1.29, 1.82) is 0 Å². The Kier molecular flexibility index (Phi) is 4.24. The summed E-state index contributed by atoms with van der Waals surface area (Å²) in [5.41, 5.74) is 2.54. The highest BCUT2D eigenvalue weighted by molar-refractivity contribution is 6.30. The average Bonchev–Trinajstić information content (AvgIpc) is 3.40. The number of fused-ring (bicyclic) bond motifs is 2. The summed E-state index contributed by atoms with van der Waals surface area (Å²) >= 11 is 6.44. The van der Waals surface area contributed by atoms with Crippen molar-refractivity contribution in [3.05, 3.63) is 28.3 Å². The lowest BCUT2D eigenvalue weighted by Gasteiger charge is -2.48. The Bertz CT molecular complexity index is 703. The van der Waals surface area contributed by atoms with E-state index in [9.17, 15) is 0 Å². The highest BCUT2D eigenvalue weighted by atomic mass is 35.5. The number of ether oxygens (including phenoxy) is 2. The van der Waals surface area contributed by atoms with Crippen LogP contribution in [-0.2, 0) is 16.7 Å². The van der Waals surface area contributed by atoms with Crippen LogP contribution in [0.5, 0.6) is 5.75 Å². The maximum absolute atomic E-state index is 6.44. The maximum atomic E-state index is 6.44. The van der Waals surface area contributed by atoms with Crippen LogP contribution >= 0.6 is 11.6 Å². The smallest absolute Gasteiger partial charge is 0.127 e. The molecule has 3 fully saturated rings. The molecule has 4 aliphatic rings. The fourth-order valence-corrected chi connectivity index (χ4v) is 5.22. The molecule has 1 saturated carbocycles. The first kappa shape index (κ1) is 17.3. The van der Waals surface area contributed by atoms with Crippen molar-refractivity contribution in [2.24, 2.45) is 5.92 Å². The minimum absolute atomic E-state index is 0.0440. The summed E-state index contributed by atoms with van der Waals surface area (Å²) in [7, 11) is 0. The third-order valence-corrected chi connectivity index (χ3v) is 6.85. The first-order valence-corrected chi connectivity index (χ1v) is 10.4. The summed E-state index contributed by atoms with van der Waals surface area (Å²) in [6.45, 7) is 11.3. The van der Waals surface area contributed by atoms with Crippen molar-refractivity contribution < 1.29 is 9.47 Å². The zero-order chi connectivity index (χ0) is 17.9. The van der Waals surface area contributed by atoms with Gasteiger partial charge in [0.1, 0.15) is 5.75 Å². The molecule has 0 aromatic heterocycles. The summed E-state index contributed by atoms with van der Waals surface area (Å²) < 4.78 is 12.0. The second-order valence-corrected chi connectivity index (χ2v) is 9.62. The molecule has 2 atom stereocenters. The Labute approximate surface area is 161 Å². The fourth-order valence-electron chi connectivity index (χ4n) is 4.98. The molecule has 142 valence electrons. The molecular formula is C21H29ClN2O2. The van der Waals surface area contributed by atoms with Gasteiger partial charge in [0.15, 0.2) is 0 Å². The van der Waals surface area contributed by atoms with Gasteiger partial charge in [-0.05, 0) is 30.9 Å². The van der Waals surface area contributed by atoms with E-state index < -0.39 is 0 Å². The maximum Gasteiger partial charge on any atom is 0.127 e. The molecule has 1 aliphatic carbocycles. The van der Waals surface area contributed by atoms with E-state index in [1.165, 1.54) is 24.0 Å². The Balaban J connectivity index is 1.32. The summed E-state index contributed by atoms with van der Waals surface area (Å²) in [5.74, 6) is 1.95. The van der Waals surface area contributed by atoms with Crippen LogP contribution in [0.3, 0.4) is 0 Å². The minimum Gasteiger partial charge on any atom is -0.492 e. The van der Waals surface area contributed by atoms with Crippen LogP contribution in [0.25, 0.3) is 0 Å². The number of rotatable bonds is 3. The van der Waals surface area contributed by atoms with Gasteiger partial charge in [-0.2, -0.15) is 0 Å².